The molecule has 3 rings (SSSR count). The van der Waals surface area contributed by atoms with Gasteiger partial charge < -0.3 is 15.0 Å². The predicted molar refractivity (Wildman–Crippen MR) is 106 cm³/mol. The molecule has 6 heteroatoms. The highest BCUT2D eigenvalue weighted by atomic mass is 19.1. The lowest BCUT2D eigenvalue weighted by Crippen LogP contribution is -2.36. The lowest BCUT2D eigenvalue weighted by molar-refractivity contribution is -0.132. The van der Waals surface area contributed by atoms with Gasteiger partial charge in [0, 0.05) is 18.8 Å². The number of ether oxygens (including phenoxy) is 1. The number of carbonyl (C=O) groups excluding carboxylic acids is 2. The number of unbranched alkanes of at least 4 members (excludes halogenated alkanes) is 1. The van der Waals surface area contributed by atoms with Crippen molar-refractivity contribution in [1.29, 1.82) is 0 Å². The van der Waals surface area contributed by atoms with Gasteiger partial charge in [-0.2, -0.15) is 0 Å². The van der Waals surface area contributed by atoms with Gasteiger partial charge in [-0.1, -0.05) is 25.5 Å². The lowest BCUT2D eigenvalue weighted by atomic mass is 10.1. The SMILES string of the molecule is CCCCOc1ccc(CNC(=O)[C@H]2CCN(c3ccc(F)cc3)C2=O)cc1. The fourth-order valence-corrected chi connectivity index (χ4v) is 3.15. The van der Waals surface area contributed by atoms with Crippen LogP contribution in [0.15, 0.2) is 48.5 Å². The summed E-state index contributed by atoms with van der Waals surface area (Å²) in [5.41, 5.74) is 1.55. The second-order valence-electron chi connectivity index (χ2n) is 6.87. The van der Waals surface area contributed by atoms with Crippen LogP contribution in [0.4, 0.5) is 10.1 Å². The quantitative estimate of drug-likeness (QED) is 0.558. The minimum absolute atomic E-state index is 0.246. The minimum atomic E-state index is -0.707. The Morgan fingerprint density at radius 3 is 2.57 bits per heavy atom. The Hall–Kier alpha value is -2.89. The Balaban J connectivity index is 1.51. The van der Waals surface area contributed by atoms with Crippen molar-refractivity contribution in [1.82, 2.24) is 5.32 Å². The van der Waals surface area contributed by atoms with Crippen LogP contribution < -0.4 is 15.0 Å². The van der Waals surface area contributed by atoms with E-state index in [4.69, 9.17) is 4.74 Å². The highest BCUT2D eigenvalue weighted by Crippen LogP contribution is 2.25. The Morgan fingerprint density at radius 2 is 1.89 bits per heavy atom. The molecule has 0 spiro atoms. The molecule has 2 aromatic rings. The molecule has 1 aliphatic heterocycles. The van der Waals surface area contributed by atoms with Crippen LogP contribution in [0.25, 0.3) is 0 Å². The van der Waals surface area contributed by atoms with Crippen molar-refractivity contribution < 1.29 is 18.7 Å². The summed E-state index contributed by atoms with van der Waals surface area (Å²) in [6, 6.07) is 13.3. The van der Waals surface area contributed by atoms with Crippen LogP contribution in [0.5, 0.6) is 5.75 Å². The summed E-state index contributed by atoms with van der Waals surface area (Å²) >= 11 is 0. The summed E-state index contributed by atoms with van der Waals surface area (Å²) in [5, 5.41) is 2.84. The molecule has 0 aromatic heterocycles. The molecule has 1 fully saturated rings. The Morgan fingerprint density at radius 1 is 1.18 bits per heavy atom. The van der Waals surface area contributed by atoms with Crippen LogP contribution in [0.2, 0.25) is 0 Å². The molecule has 2 aromatic carbocycles. The number of hydrogen-bond donors (Lipinski definition) is 1. The first kappa shape index (κ1) is 19.9. The van der Waals surface area contributed by atoms with Gasteiger partial charge in [0.1, 0.15) is 17.5 Å². The van der Waals surface area contributed by atoms with Gasteiger partial charge >= 0.3 is 0 Å². The number of carbonyl (C=O) groups is 2. The average Bonchev–Trinajstić information content (AvgIpc) is 3.09. The summed E-state index contributed by atoms with van der Waals surface area (Å²) in [6.07, 6.45) is 2.55. The first-order valence-electron chi connectivity index (χ1n) is 9.65. The molecule has 148 valence electrons. The van der Waals surface area contributed by atoms with Crippen LogP contribution in [0, 0.1) is 11.7 Å². The number of amides is 2. The fraction of sp³-hybridized carbons (Fsp3) is 0.364. The number of nitrogens with one attached hydrogen (secondary N) is 1. The third kappa shape index (κ3) is 4.88. The predicted octanol–water partition coefficient (Wildman–Crippen LogP) is 3.67. The third-order valence-corrected chi connectivity index (χ3v) is 4.82. The number of nitrogens with zero attached hydrogens (tertiary/aromatic N) is 1. The van der Waals surface area contributed by atoms with E-state index in [2.05, 4.69) is 12.2 Å². The molecule has 1 N–H and O–H groups in total. The summed E-state index contributed by atoms with van der Waals surface area (Å²) in [5.74, 6) is -0.778. The van der Waals surface area contributed by atoms with Crippen molar-refractivity contribution in [2.75, 3.05) is 18.1 Å². The molecule has 0 saturated carbocycles. The van der Waals surface area contributed by atoms with Crippen molar-refractivity contribution in [3.05, 3.63) is 59.9 Å². The van der Waals surface area contributed by atoms with Crippen molar-refractivity contribution >= 4 is 17.5 Å². The molecular formula is C22H25FN2O3. The van der Waals surface area contributed by atoms with Gasteiger partial charge in [-0.25, -0.2) is 4.39 Å². The monoisotopic (exact) mass is 384 g/mol. The van der Waals surface area contributed by atoms with Crippen molar-refractivity contribution in [2.24, 2.45) is 5.92 Å². The summed E-state index contributed by atoms with van der Waals surface area (Å²) in [4.78, 5) is 26.6. The van der Waals surface area contributed by atoms with Crippen LogP contribution in [0.3, 0.4) is 0 Å². The summed E-state index contributed by atoms with van der Waals surface area (Å²) in [6.45, 7) is 3.62. The second-order valence-corrected chi connectivity index (χ2v) is 6.87. The Kier molecular flexibility index (Phi) is 6.63. The molecule has 28 heavy (non-hydrogen) atoms. The molecule has 0 unspecified atom stereocenters. The normalized spacial score (nSPS) is 16.3. The van der Waals surface area contributed by atoms with Gasteiger partial charge in [0.05, 0.1) is 6.61 Å². The minimum Gasteiger partial charge on any atom is -0.494 e. The Labute approximate surface area is 164 Å². The number of hydrogen-bond acceptors (Lipinski definition) is 3. The number of rotatable bonds is 8. The highest BCUT2D eigenvalue weighted by Gasteiger charge is 2.37. The molecule has 1 heterocycles. The maximum Gasteiger partial charge on any atom is 0.239 e. The molecule has 1 aliphatic rings. The van der Waals surface area contributed by atoms with E-state index in [0.717, 1.165) is 24.2 Å². The number of benzene rings is 2. The van der Waals surface area contributed by atoms with Gasteiger partial charge in [0.25, 0.3) is 0 Å². The number of anilines is 1. The molecule has 0 bridgehead atoms. The van der Waals surface area contributed by atoms with E-state index < -0.39 is 5.92 Å². The maximum absolute atomic E-state index is 13.1. The van der Waals surface area contributed by atoms with E-state index in [1.54, 1.807) is 12.1 Å². The van der Waals surface area contributed by atoms with Crippen LogP contribution in [-0.4, -0.2) is 25.0 Å². The van der Waals surface area contributed by atoms with Gasteiger partial charge in [-0.15, -0.1) is 0 Å². The van der Waals surface area contributed by atoms with Crippen molar-refractivity contribution in [2.45, 2.75) is 32.7 Å². The van der Waals surface area contributed by atoms with E-state index >= 15 is 0 Å². The molecule has 1 saturated heterocycles. The van der Waals surface area contributed by atoms with Crippen LogP contribution in [0.1, 0.15) is 31.7 Å². The topological polar surface area (TPSA) is 58.6 Å². The smallest absolute Gasteiger partial charge is 0.239 e. The summed E-state index contributed by atoms with van der Waals surface area (Å²) in [7, 11) is 0. The van der Waals surface area contributed by atoms with Gasteiger partial charge in [0.15, 0.2) is 0 Å². The van der Waals surface area contributed by atoms with E-state index in [0.29, 0.717) is 31.8 Å². The van der Waals surface area contributed by atoms with Crippen LogP contribution >= 0.6 is 0 Å². The lowest BCUT2D eigenvalue weighted by Gasteiger charge is -2.16. The molecule has 2 amide bonds. The zero-order chi connectivity index (χ0) is 19.9. The van der Waals surface area contributed by atoms with E-state index in [1.165, 1.54) is 17.0 Å². The first-order valence-corrected chi connectivity index (χ1v) is 9.65. The van der Waals surface area contributed by atoms with Gasteiger partial charge in [-0.05, 0) is 54.8 Å². The molecule has 5 nitrogen and oxygen atoms in total. The molecule has 0 radical (unpaired) electrons. The van der Waals surface area contributed by atoms with E-state index in [9.17, 15) is 14.0 Å². The third-order valence-electron chi connectivity index (χ3n) is 4.82. The molecule has 1 atom stereocenters. The molecular weight excluding hydrogens is 359 g/mol. The van der Waals surface area contributed by atoms with E-state index in [1.807, 2.05) is 24.3 Å². The zero-order valence-corrected chi connectivity index (χ0v) is 16.0. The van der Waals surface area contributed by atoms with Gasteiger partial charge in [0.2, 0.25) is 11.8 Å². The highest BCUT2D eigenvalue weighted by molar-refractivity contribution is 6.09. The Bertz CT molecular complexity index is 806. The summed E-state index contributed by atoms with van der Waals surface area (Å²) < 4.78 is 18.7. The zero-order valence-electron chi connectivity index (χ0n) is 16.0. The van der Waals surface area contributed by atoms with Crippen LogP contribution in [-0.2, 0) is 16.1 Å². The standard InChI is InChI=1S/C22H25FN2O3/c1-2-3-14-28-19-10-4-16(5-11-19)15-24-21(26)20-12-13-25(22(20)27)18-8-6-17(23)7-9-18/h4-11,20H,2-3,12-15H2,1H3,(H,24,26)/t20-/m1/s1. The maximum atomic E-state index is 13.1. The molecule has 0 aliphatic carbocycles. The number of halogens is 1. The largest absolute Gasteiger partial charge is 0.494 e. The fourth-order valence-electron chi connectivity index (χ4n) is 3.15. The van der Waals surface area contributed by atoms with Crippen molar-refractivity contribution in [3.63, 3.8) is 0 Å². The van der Waals surface area contributed by atoms with Crippen molar-refractivity contribution in [3.8, 4) is 5.75 Å². The second kappa shape index (κ2) is 9.35. The van der Waals surface area contributed by atoms with E-state index in [-0.39, 0.29) is 17.6 Å². The first-order chi connectivity index (χ1) is 13.6. The van der Waals surface area contributed by atoms with Gasteiger partial charge in [-0.3, -0.25) is 9.59 Å². The average molecular weight is 384 g/mol.